The first kappa shape index (κ1) is 13.6. The van der Waals surface area contributed by atoms with Gasteiger partial charge in [0.1, 0.15) is 5.82 Å². The highest BCUT2D eigenvalue weighted by molar-refractivity contribution is 5.83. The Morgan fingerprint density at radius 1 is 1.33 bits per heavy atom. The van der Waals surface area contributed by atoms with Gasteiger partial charge < -0.3 is 16.0 Å². The van der Waals surface area contributed by atoms with Crippen molar-refractivity contribution in [2.24, 2.45) is 11.5 Å². The van der Waals surface area contributed by atoms with E-state index >= 15 is 0 Å². The van der Waals surface area contributed by atoms with Gasteiger partial charge in [0.2, 0.25) is 0 Å². The van der Waals surface area contributed by atoms with Crippen LogP contribution in [-0.4, -0.2) is 9.55 Å². The summed E-state index contributed by atoms with van der Waals surface area (Å²) in [6.07, 6.45) is 5.01. The second kappa shape index (κ2) is 4.87. The smallest absolute Gasteiger partial charge is 0.161 e. The normalized spacial score (nSPS) is 16.7. The topological polar surface area (TPSA) is 69.9 Å². The molecule has 21 heavy (non-hydrogen) atoms. The quantitative estimate of drug-likeness (QED) is 0.854. The van der Waals surface area contributed by atoms with Gasteiger partial charge in [-0.15, -0.1) is 0 Å². The molecule has 1 heterocycles. The molecule has 1 aliphatic rings. The second-order valence-corrected chi connectivity index (χ2v) is 5.25. The summed E-state index contributed by atoms with van der Waals surface area (Å²) in [4.78, 5) is 4.43. The van der Waals surface area contributed by atoms with Crippen molar-refractivity contribution in [2.75, 3.05) is 0 Å². The lowest BCUT2D eigenvalue weighted by Crippen LogP contribution is -2.05. The maximum Gasteiger partial charge on any atom is 0.161 e. The Balaban J connectivity index is 2.32. The van der Waals surface area contributed by atoms with E-state index in [0.29, 0.717) is 28.1 Å². The third kappa shape index (κ3) is 2.26. The van der Waals surface area contributed by atoms with Crippen LogP contribution in [0.15, 0.2) is 30.1 Å². The predicted octanol–water partition coefficient (Wildman–Crippen LogP) is 2.81. The average Bonchev–Trinajstić information content (AvgIpc) is 3.20. The standard InChI is InChI=1S/C15H16F2N4/c1-8(19)10(4-5-18)15-20-13-6-11(16)12(17)7-14(13)21(15)9-2-3-9/h4-7,9H,2-3,18-19H2,1H3/b5-4-,10-8+. The molecule has 4 N–H and O–H groups in total. The summed E-state index contributed by atoms with van der Waals surface area (Å²) < 4.78 is 28.9. The van der Waals surface area contributed by atoms with Crippen LogP contribution in [0.3, 0.4) is 0 Å². The molecule has 0 aliphatic heterocycles. The second-order valence-electron chi connectivity index (χ2n) is 5.25. The Labute approximate surface area is 120 Å². The third-order valence-corrected chi connectivity index (χ3v) is 3.57. The molecule has 1 saturated carbocycles. The van der Waals surface area contributed by atoms with Crippen molar-refractivity contribution < 1.29 is 8.78 Å². The van der Waals surface area contributed by atoms with Crippen molar-refractivity contribution in [1.82, 2.24) is 9.55 Å². The van der Waals surface area contributed by atoms with Gasteiger partial charge in [0.15, 0.2) is 11.6 Å². The molecule has 0 saturated heterocycles. The monoisotopic (exact) mass is 290 g/mol. The van der Waals surface area contributed by atoms with Gasteiger partial charge in [-0.1, -0.05) is 0 Å². The largest absolute Gasteiger partial charge is 0.405 e. The number of benzene rings is 1. The minimum atomic E-state index is -0.904. The Morgan fingerprint density at radius 2 is 2.00 bits per heavy atom. The summed E-state index contributed by atoms with van der Waals surface area (Å²) >= 11 is 0. The van der Waals surface area contributed by atoms with E-state index in [1.807, 2.05) is 4.57 Å². The van der Waals surface area contributed by atoms with E-state index in [1.54, 1.807) is 13.0 Å². The molecule has 4 nitrogen and oxygen atoms in total. The van der Waals surface area contributed by atoms with Crippen LogP contribution in [0.2, 0.25) is 0 Å². The maximum absolute atomic E-state index is 13.5. The molecule has 2 aromatic rings. The van der Waals surface area contributed by atoms with Crippen molar-refractivity contribution in [3.8, 4) is 0 Å². The first-order chi connectivity index (χ1) is 10.0. The Kier molecular flexibility index (Phi) is 3.16. The molecule has 3 rings (SSSR count). The molecule has 1 fully saturated rings. The van der Waals surface area contributed by atoms with Crippen molar-refractivity contribution in [3.63, 3.8) is 0 Å². The van der Waals surface area contributed by atoms with Crippen LogP contribution in [-0.2, 0) is 0 Å². The van der Waals surface area contributed by atoms with Gasteiger partial charge >= 0.3 is 0 Å². The van der Waals surface area contributed by atoms with Crippen molar-refractivity contribution in [3.05, 3.63) is 47.6 Å². The lowest BCUT2D eigenvalue weighted by molar-refractivity contribution is 0.510. The first-order valence-corrected chi connectivity index (χ1v) is 6.75. The van der Waals surface area contributed by atoms with E-state index < -0.39 is 11.6 Å². The molecule has 1 aliphatic carbocycles. The predicted molar refractivity (Wildman–Crippen MR) is 78.0 cm³/mol. The minimum absolute atomic E-state index is 0.246. The lowest BCUT2D eigenvalue weighted by Gasteiger charge is -2.09. The van der Waals surface area contributed by atoms with Gasteiger partial charge in [0.05, 0.1) is 11.0 Å². The zero-order valence-electron chi connectivity index (χ0n) is 11.6. The summed E-state index contributed by atoms with van der Waals surface area (Å²) in [6, 6.07) is 2.55. The van der Waals surface area contributed by atoms with Crippen molar-refractivity contribution in [2.45, 2.75) is 25.8 Å². The van der Waals surface area contributed by atoms with Crippen LogP contribution in [0.4, 0.5) is 8.78 Å². The molecule has 0 radical (unpaired) electrons. The maximum atomic E-state index is 13.5. The van der Waals surface area contributed by atoms with E-state index in [2.05, 4.69) is 4.98 Å². The summed E-state index contributed by atoms with van der Waals surface area (Å²) in [5.41, 5.74) is 13.6. The van der Waals surface area contributed by atoms with Gasteiger partial charge in [-0.2, -0.15) is 0 Å². The number of nitrogens with two attached hydrogens (primary N) is 2. The number of aromatic nitrogens is 2. The van der Waals surface area contributed by atoms with Crippen molar-refractivity contribution in [1.29, 1.82) is 0 Å². The summed E-state index contributed by atoms with van der Waals surface area (Å²) in [5.74, 6) is -1.18. The summed E-state index contributed by atoms with van der Waals surface area (Å²) in [7, 11) is 0. The van der Waals surface area contributed by atoms with E-state index in [0.717, 1.165) is 18.9 Å². The number of hydrogen-bond acceptors (Lipinski definition) is 3. The average molecular weight is 290 g/mol. The van der Waals surface area contributed by atoms with Crippen LogP contribution in [0.25, 0.3) is 16.6 Å². The van der Waals surface area contributed by atoms with Crippen molar-refractivity contribution >= 4 is 16.6 Å². The van der Waals surface area contributed by atoms with Gasteiger partial charge in [0.25, 0.3) is 0 Å². The van der Waals surface area contributed by atoms with Gasteiger partial charge in [-0.3, -0.25) is 0 Å². The number of fused-ring (bicyclic) bond motifs is 1. The Morgan fingerprint density at radius 3 is 2.57 bits per heavy atom. The number of rotatable bonds is 3. The molecule has 1 aromatic carbocycles. The van der Waals surface area contributed by atoms with Crippen LogP contribution >= 0.6 is 0 Å². The minimum Gasteiger partial charge on any atom is -0.405 e. The van der Waals surface area contributed by atoms with Gasteiger partial charge in [-0.05, 0) is 32.0 Å². The summed E-state index contributed by atoms with van der Waals surface area (Å²) in [6.45, 7) is 1.74. The molecular weight excluding hydrogens is 274 g/mol. The zero-order valence-corrected chi connectivity index (χ0v) is 11.6. The molecule has 0 spiro atoms. The fourth-order valence-electron chi connectivity index (χ4n) is 2.46. The Bertz CT molecular complexity index is 766. The van der Waals surface area contributed by atoms with Crippen LogP contribution in [0, 0.1) is 11.6 Å². The van der Waals surface area contributed by atoms with E-state index in [9.17, 15) is 8.78 Å². The molecule has 6 heteroatoms. The van der Waals surface area contributed by atoms with Gasteiger partial charge in [-0.25, -0.2) is 13.8 Å². The zero-order chi connectivity index (χ0) is 15.1. The fraction of sp³-hybridized carbons (Fsp3) is 0.267. The number of nitrogens with zero attached hydrogens (tertiary/aromatic N) is 2. The van der Waals surface area contributed by atoms with Crippen LogP contribution < -0.4 is 11.5 Å². The van der Waals surface area contributed by atoms with Crippen LogP contribution in [0.1, 0.15) is 31.6 Å². The number of halogens is 2. The Hall–Kier alpha value is -2.37. The lowest BCUT2D eigenvalue weighted by atomic mass is 10.2. The molecule has 0 atom stereocenters. The third-order valence-electron chi connectivity index (χ3n) is 3.57. The molecule has 110 valence electrons. The molecular formula is C15H16F2N4. The van der Waals surface area contributed by atoms with Gasteiger partial charge in [0, 0.05) is 29.4 Å². The number of imidazole rings is 1. The highest BCUT2D eigenvalue weighted by Gasteiger charge is 2.29. The highest BCUT2D eigenvalue weighted by Crippen LogP contribution is 2.40. The molecule has 1 aromatic heterocycles. The highest BCUT2D eigenvalue weighted by atomic mass is 19.2. The SMILES string of the molecule is C/C(N)=C(/C=C\N)c1nc2cc(F)c(F)cc2n1C1CC1. The molecule has 0 unspecified atom stereocenters. The van der Waals surface area contributed by atoms with Crippen LogP contribution in [0.5, 0.6) is 0 Å². The number of hydrogen-bond donors (Lipinski definition) is 2. The first-order valence-electron chi connectivity index (χ1n) is 6.75. The summed E-state index contributed by atoms with van der Waals surface area (Å²) in [5, 5.41) is 0. The molecule has 0 bridgehead atoms. The van der Waals surface area contributed by atoms with E-state index in [4.69, 9.17) is 11.5 Å². The van der Waals surface area contributed by atoms with E-state index in [1.165, 1.54) is 12.3 Å². The van der Waals surface area contributed by atoms with E-state index in [-0.39, 0.29) is 6.04 Å². The number of allylic oxidation sites excluding steroid dienone is 3. The fourth-order valence-corrected chi connectivity index (χ4v) is 2.46. The molecule has 0 amide bonds.